The standard InChI is InChI=1S/C44H74N4O2/c1-4-6-8-10-12-14-16-18-20-22-24-26-28-30-32-37-42(49)47(39-48-41-36-34-35-40(3)44(41)45-46-48)43(50)38-33-31-29-27-25-23-21-19-17-15-13-11-9-7-5-2/h18-21,34-36H,4-17,22-33,37-39H2,1-3H3. The van der Waals surface area contributed by atoms with Crippen molar-refractivity contribution in [3.63, 3.8) is 0 Å². The largest absolute Gasteiger partial charge is 0.274 e. The molecule has 0 unspecified atom stereocenters. The van der Waals surface area contributed by atoms with Gasteiger partial charge in [0.1, 0.15) is 12.2 Å². The lowest BCUT2D eigenvalue weighted by molar-refractivity contribution is -0.147. The Bertz CT molecular complexity index is 1150. The molecular formula is C44H74N4O2. The van der Waals surface area contributed by atoms with Gasteiger partial charge in [0.25, 0.3) is 0 Å². The van der Waals surface area contributed by atoms with Crippen molar-refractivity contribution < 1.29 is 9.59 Å². The quantitative estimate of drug-likeness (QED) is 0.0566. The molecule has 1 aromatic carbocycles. The Morgan fingerprint density at radius 3 is 1.42 bits per heavy atom. The third-order valence-electron chi connectivity index (χ3n) is 9.93. The van der Waals surface area contributed by atoms with Crippen LogP contribution in [0.3, 0.4) is 0 Å². The van der Waals surface area contributed by atoms with Gasteiger partial charge in [-0.25, -0.2) is 4.68 Å². The van der Waals surface area contributed by atoms with E-state index in [4.69, 9.17) is 0 Å². The van der Waals surface area contributed by atoms with Crippen molar-refractivity contribution in [1.29, 1.82) is 0 Å². The predicted octanol–water partition coefficient (Wildman–Crippen LogP) is 13.1. The Balaban J connectivity index is 1.67. The summed E-state index contributed by atoms with van der Waals surface area (Å²) in [7, 11) is 0. The fourth-order valence-electron chi connectivity index (χ4n) is 6.63. The third-order valence-corrected chi connectivity index (χ3v) is 9.93. The number of amides is 2. The number of rotatable bonds is 32. The second kappa shape index (κ2) is 29.9. The molecule has 0 aliphatic heterocycles. The van der Waals surface area contributed by atoms with Gasteiger partial charge >= 0.3 is 0 Å². The van der Waals surface area contributed by atoms with Gasteiger partial charge in [-0.3, -0.25) is 14.5 Å². The molecule has 50 heavy (non-hydrogen) atoms. The van der Waals surface area contributed by atoms with Gasteiger partial charge in [-0.2, -0.15) is 0 Å². The van der Waals surface area contributed by atoms with Crippen molar-refractivity contribution in [3.05, 3.63) is 48.1 Å². The molecule has 0 spiro atoms. The van der Waals surface area contributed by atoms with Crippen LogP contribution in [-0.2, 0) is 16.3 Å². The van der Waals surface area contributed by atoms with Gasteiger partial charge in [0.05, 0.1) is 5.52 Å². The molecule has 1 aromatic heterocycles. The average molecular weight is 691 g/mol. The van der Waals surface area contributed by atoms with E-state index in [9.17, 15) is 9.59 Å². The van der Waals surface area contributed by atoms with Crippen LogP contribution >= 0.6 is 0 Å². The van der Waals surface area contributed by atoms with Crippen LogP contribution in [0.1, 0.15) is 199 Å². The fraction of sp³-hybridized carbons (Fsp3) is 0.727. The first kappa shape index (κ1) is 43.4. The number of carbonyl (C=O) groups excluding carboxylic acids is 2. The maximum atomic E-state index is 13.4. The fourth-order valence-corrected chi connectivity index (χ4v) is 6.63. The van der Waals surface area contributed by atoms with Crippen LogP contribution < -0.4 is 0 Å². The zero-order chi connectivity index (χ0) is 35.9. The Kier molecular flexibility index (Phi) is 26.0. The van der Waals surface area contributed by atoms with Crippen LogP contribution in [0, 0.1) is 6.92 Å². The van der Waals surface area contributed by atoms with Gasteiger partial charge < -0.3 is 0 Å². The van der Waals surface area contributed by atoms with E-state index in [0.717, 1.165) is 68.0 Å². The van der Waals surface area contributed by atoms with E-state index in [-0.39, 0.29) is 18.5 Å². The molecule has 1 heterocycles. The van der Waals surface area contributed by atoms with E-state index in [2.05, 4.69) is 48.5 Å². The van der Waals surface area contributed by atoms with Crippen LogP contribution in [0.25, 0.3) is 11.0 Å². The minimum absolute atomic E-state index is 0.0864. The summed E-state index contributed by atoms with van der Waals surface area (Å²) in [5.41, 5.74) is 2.72. The van der Waals surface area contributed by atoms with Crippen molar-refractivity contribution in [1.82, 2.24) is 19.9 Å². The second-order valence-electron chi connectivity index (χ2n) is 14.6. The first-order chi connectivity index (χ1) is 24.6. The van der Waals surface area contributed by atoms with E-state index >= 15 is 0 Å². The van der Waals surface area contributed by atoms with Crippen LogP contribution in [0.5, 0.6) is 0 Å². The first-order valence-corrected chi connectivity index (χ1v) is 21.0. The number of fused-ring (bicyclic) bond motifs is 1. The smallest absolute Gasteiger partial charge is 0.230 e. The predicted molar refractivity (Wildman–Crippen MR) is 213 cm³/mol. The first-order valence-electron chi connectivity index (χ1n) is 21.0. The highest BCUT2D eigenvalue weighted by molar-refractivity contribution is 5.95. The number of aromatic nitrogens is 3. The number of benzene rings is 1. The lowest BCUT2D eigenvalue weighted by atomic mass is 10.1. The molecule has 2 amide bonds. The van der Waals surface area contributed by atoms with Gasteiger partial charge in [-0.05, 0) is 82.8 Å². The number of aryl methyl sites for hydroxylation is 1. The van der Waals surface area contributed by atoms with Crippen molar-refractivity contribution >= 4 is 22.8 Å². The third kappa shape index (κ3) is 20.2. The van der Waals surface area contributed by atoms with E-state index < -0.39 is 0 Å². The minimum atomic E-state index is -0.0864. The summed E-state index contributed by atoms with van der Waals surface area (Å²) in [4.78, 5) is 28.3. The van der Waals surface area contributed by atoms with E-state index in [1.807, 2.05) is 25.1 Å². The molecule has 0 aliphatic carbocycles. The van der Waals surface area contributed by atoms with Gasteiger partial charge in [-0.15, -0.1) is 5.10 Å². The van der Waals surface area contributed by atoms with Gasteiger partial charge in [0.15, 0.2) is 0 Å². The van der Waals surface area contributed by atoms with E-state index in [1.165, 1.54) is 120 Å². The maximum Gasteiger partial charge on any atom is 0.230 e. The zero-order valence-corrected chi connectivity index (χ0v) is 32.7. The lowest BCUT2D eigenvalue weighted by Crippen LogP contribution is -2.38. The SMILES string of the molecule is CCCCCCCCC=CCCCCCCCC(=O)N(Cn1nnc2c(C)cccc21)C(=O)CCCCCCCC=CCCCCCCCC. The average Bonchev–Trinajstić information content (AvgIpc) is 3.54. The molecule has 0 bridgehead atoms. The summed E-state index contributed by atoms with van der Waals surface area (Å²) in [6.45, 7) is 6.68. The Morgan fingerprint density at radius 1 is 0.580 bits per heavy atom. The molecule has 6 heteroatoms. The van der Waals surface area contributed by atoms with Gasteiger partial charge in [0, 0.05) is 12.8 Å². The summed E-state index contributed by atoms with van der Waals surface area (Å²) >= 11 is 0. The number of allylic oxidation sites excluding steroid dienone is 4. The molecule has 0 saturated carbocycles. The number of hydrogen-bond acceptors (Lipinski definition) is 4. The molecular weight excluding hydrogens is 617 g/mol. The second-order valence-corrected chi connectivity index (χ2v) is 14.6. The monoisotopic (exact) mass is 691 g/mol. The molecule has 0 atom stereocenters. The molecule has 282 valence electrons. The van der Waals surface area contributed by atoms with Crippen molar-refractivity contribution in [2.24, 2.45) is 0 Å². The summed E-state index contributed by atoms with van der Waals surface area (Å²) in [6, 6.07) is 5.94. The molecule has 0 radical (unpaired) electrons. The maximum absolute atomic E-state index is 13.4. The molecule has 2 aromatic rings. The number of unbranched alkanes of at least 4 members (excludes halogenated alkanes) is 22. The molecule has 0 saturated heterocycles. The summed E-state index contributed by atoms with van der Waals surface area (Å²) in [6.07, 6.45) is 42.0. The zero-order valence-electron chi connectivity index (χ0n) is 32.7. The molecule has 2 rings (SSSR count). The number of imide groups is 1. The highest BCUT2D eigenvalue weighted by Gasteiger charge is 2.22. The summed E-state index contributed by atoms with van der Waals surface area (Å²) in [5.74, 6) is -0.173. The van der Waals surface area contributed by atoms with Crippen LogP contribution in [0.4, 0.5) is 0 Å². The molecule has 0 aliphatic rings. The highest BCUT2D eigenvalue weighted by atomic mass is 16.2. The van der Waals surface area contributed by atoms with Crippen molar-refractivity contribution in [2.75, 3.05) is 0 Å². The van der Waals surface area contributed by atoms with Gasteiger partial charge in [-0.1, -0.05) is 158 Å². The number of carbonyl (C=O) groups is 2. The Labute approximate surface area is 306 Å². The normalized spacial score (nSPS) is 11.8. The Hall–Kier alpha value is -2.76. The topological polar surface area (TPSA) is 68.1 Å². The highest BCUT2D eigenvalue weighted by Crippen LogP contribution is 2.18. The van der Waals surface area contributed by atoms with E-state index in [0.29, 0.717) is 12.8 Å². The summed E-state index contributed by atoms with van der Waals surface area (Å²) < 4.78 is 1.71. The van der Waals surface area contributed by atoms with Crippen LogP contribution in [0.15, 0.2) is 42.5 Å². The lowest BCUT2D eigenvalue weighted by Gasteiger charge is -2.21. The van der Waals surface area contributed by atoms with Gasteiger partial charge in [0.2, 0.25) is 11.8 Å². The van der Waals surface area contributed by atoms with Crippen LogP contribution in [-0.4, -0.2) is 31.7 Å². The number of nitrogens with zero attached hydrogens (tertiary/aromatic N) is 4. The molecule has 0 N–H and O–H groups in total. The minimum Gasteiger partial charge on any atom is -0.274 e. The summed E-state index contributed by atoms with van der Waals surface area (Å²) in [5, 5.41) is 8.66. The van der Waals surface area contributed by atoms with Crippen molar-refractivity contribution in [3.8, 4) is 0 Å². The van der Waals surface area contributed by atoms with Crippen LogP contribution in [0.2, 0.25) is 0 Å². The Morgan fingerprint density at radius 2 is 0.980 bits per heavy atom. The number of hydrogen-bond donors (Lipinski definition) is 0. The molecule has 6 nitrogen and oxygen atoms in total. The molecule has 0 fully saturated rings. The van der Waals surface area contributed by atoms with Crippen molar-refractivity contribution in [2.45, 2.75) is 207 Å². The van der Waals surface area contributed by atoms with E-state index in [1.54, 1.807) is 4.68 Å².